The van der Waals surface area contributed by atoms with E-state index in [4.69, 9.17) is 4.74 Å². The summed E-state index contributed by atoms with van der Waals surface area (Å²) < 4.78 is 4.98. The third-order valence-electron chi connectivity index (χ3n) is 1.89. The highest BCUT2D eigenvalue weighted by Crippen LogP contribution is 2.10. The van der Waals surface area contributed by atoms with Gasteiger partial charge in [-0.3, -0.25) is 0 Å². The van der Waals surface area contributed by atoms with E-state index in [9.17, 15) is 0 Å². The molecule has 1 rings (SSSR count). The first-order valence-electron chi connectivity index (χ1n) is 3.63. The highest BCUT2D eigenvalue weighted by atomic mass is 16.5. The summed E-state index contributed by atoms with van der Waals surface area (Å²) in [5, 5.41) is 3.33. The lowest BCUT2D eigenvalue weighted by molar-refractivity contribution is 0.180. The first-order valence-corrected chi connectivity index (χ1v) is 3.63. The Morgan fingerprint density at radius 1 is 1.67 bits per heavy atom. The van der Waals surface area contributed by atoms with Crippen LogP contribution in [0, 0.1) is 5.92 Å². The minimum atomic E-state index is 0.880. The molecule has 1 atom stereocenters. The lowest BCUT2D eigenvalue weighted by atomic mass is 10.1. The molecule has 1 aliphatic heterocycles. The van der Waals surface area contributed by atoms with Gasteiger partial charge in [-0.15, -0.1) is 0 Å². The third-order valence-corrected chi connectivity index (χ3v) is 1.89. The number of methoxy groups -OCH3 is 1. The van der Waals surface area contributed by atoms with Crippen molar-refractivity contribution in [3.8, 4) is 0 Å². The van der Waals surface area contributed by atoms with E-state index in [1.165, 1.54) is 25.9 Å². The quantitative estimate of drug-likeness (QED) is 0.603. The van der Waals surface area contributed by atoms with Crippen molar-refractivity contribution in [2.45, 2.75) is 12.8 Å². The predicted octanol–water partition coefficient (Wildman–Crippen LogP) is 0.632. The van der Waals surface area contributed by atoms with Crippen LogP contribution in [0.1, 0.15) is 12.8 Å². The summed E-state index contributed by atoms with van der Waals surface area (Å²) in [7, 11) is 1.77. The van der Waals surface area contributed by atoms with Crippen LogP contribution in [0.25, 0.3) is 0 Å². The Kier molecular flexibility index (Phi) is 3.01. The molecular formula is C7H15NO. The minimum absolute atomic E-state index is 0.880. The van der Waals surface area contributed by atoms with Gasteiger partial charge < -0.3 is 10.1 Å². The average molecular weight is 129 g/mol. The molecule has 2 nitrogen and oxygen atoms in total. The van der Waals surface area contributed by atoms with Crippen LogP contribution < -0.4 is 5.32 Å². The molecule has 0 saturated carbocycles. The number of nitrogens with one attached hydrogen (secondary N) is 1. The second kappa shape index (κ2) is 3.85. The summed E-state index contributed by atoms with van der Waals surface area (Å²) in [4.78, 5) is 0. The zero-order valence-electron chi connectivity index (χ0n) is 6.02. The van der Waals surface area contributed by atoms with Crippen molar-refractivity contribution >= 4 is 0 Å². The van der Waals surface area contributed by atoms with Crippen molar-refractivity contribution in [1.82, 2.24) is 5.32 Å². The van der Waals surface area contributed by atoms with Gasteiger partial charge in [-0.1, -0.05) is 0 Å². The molecule has 0 spiro atoms. The van der Waals surface area contributed by atoms with E-state index in [1.807, 2.05) is 0 Å². The van der Waals surface area contributed by atoms with E-state index < -0.39 is 0 Å². The standard InChI is InChI=1S/C7H15NO/c1-9-5-3-7-2-4-8-6-7/h7-8H,2-6H2,1H3/t7-/m1/s1. The Hall–Kier alpha value is -0.0800. The van der Waals surface area contributed by atoms with Gasteiger partial charge in [-0.2, -0.15) is 0 Å². The van der Waals surface area contributed by atoms with E-state index >= 15 is 0 Å². The molecule has 0 aliphatic carbocycles. The fraction of sp³-hybridized carbons (Fsp3) is 1.00. The highest BCUT2D eigenvalue weighted by Gasteiger charge is 2.12. The molecular weight excluding hydrogens is 114 g/mol. The topological polar surface area (TPSA) is 21.3 Å². The van der Waals surface area contributed by atoms with Crippen LogP contribution in [0.5, 0.6) is 0 Å². The molecule has 1 N–H and O–H groups in total. The molecule has 0 amide bonds. The molecule has 0 aromatic rings. The van der Waals surface area contributed by atoms with Gasteiger partial charge in [0.25, 0.3) is 0 Å². The molecule has 2 heteroatoms. The Morgan fingerprint density at radius 3 is 3.11 bits per heavy atom. The molecule has 0 aromatic carbocycles. The summed E-state index contributed by atoms with van der Waals surface area (Å²) >= 11 is 0. The van der Waals surface area contributed by atoms with Crippen LogP contribution >= 0.6 is 0 Å². The number of hydrogen-bond acceptors (Lipinski definition) is 2. The summed E-state index contributed by atoms with van der Waals surface area (Å²) in [5.74, 6) is 0.880. The lowest BCUT2D eigenvalue weighted by Gasteiger charge is -2.04. The summed E-state index contributed by atoms with van der Waals surface area (Å²) in [5.41, 5.74) is 0. The molecule has 1 saturated heterocycles. The van der Waals surface area contributed by atoms with Gasteiger partial charge in [0, 0.05) is 13.7 Å². The normalized spacial score (nSPS) is 27.0. The molecule has 0 unspecified atom stereocenters. The van der Waals surface area contributed by atoms with E-state index in [0.717, 1.165) is 12.5 Å². The summed E-state index contributed by atoms with van der Waals surface area (Å²) in [6, 6.07) is 0. The Bertz CT molecular complexity index is 69.3. The smallest absolute Gasteiger partial charge is 0.0465 e. The minimum Gasteiger partial charge on any atom is -0.385 e. The summed E-state index contributed by atoms with van der Waals surface area (Å²) in [6.07, 6.45) is 2.56. The maximum absolute atomic E-state index is 4.98. The van der Waals surface area contributed by atoms with Crippen LogP contribution in [-0.2, 0) is 4.74 Å². The monoisotopic (exact) mass is 129 g/mol. The summed E-state index contributed by atoms with van der Waals surface area (Å²) in [6.45, 7) is 3.32. The van der Waals surface area contributed by atoms with Crippen molar-refractivity contribution in [3.05, 3.63) is 0 Å². The van der Waals surface area contributed by atoms with Gasteiger partial charge in [0.05, 0.1) is 0 Å². The second-order valence-electron chi connectivity index (χ2n) is 2.64. The molecule has 1 heterocycles. The number of rotatable bonds is 3. The zero-order chi connectivity index (χ0) is 6.53. The maximum atomic E-state index is 4.98. The molecule has 0 bridgehead atoms. The van der Waals surface area contributed by atoms with Gasteiger partial charge in [-0.05, 0) is 31.8 Å². The SMILES string of the molecule is COCC[C@H]1CCNC1. The molecule has 54 valence electrons. The molecule has 0 radical (unpaired) electrons. The first kappa shape index (κ1) is 7.03. The van der Waals surface area contributed by atoms with Crippen molar-refractivity contribution in [3.63, 3.8) is 0 Å². The number of ether oxygens (including phenoxy) is 1. The average Bonchev–Trinajstić information content (AvgIpc) is 2.34. The van der Waals surface area contributed by atoms with Gasteiger partial charge in [0.15, 0.2) is 0 Å². The van der Waals surface area contributed by atoms with Crippen molar-refractivity contribution in [2.75, 3.05) is 26.8 Å². The van der Waals surface area contributed by atoms with Crippen molar-refractivity contribution < 1.29 is 4.74 Å². The van der Waals surface area contributed by atoms with Crippen molar-refractivity contribution in [2.24, 2.45) is 5.92 Å². The Balaban J connectivity index is 1.98. The van der Waals surface area contributed by atoms with E-state index in [2.05, 4.69) is 5.32 Å². The predicted molar refractivity (Wildman–Crippen MR) is 37.5 cm³/mol. The third kappa shape index (κ3) is 2.33. The number of hydrogen-bond donors (Lipinski definition) is 1. The van der Waals surface area contributed by atoms with Crippen LogP contribution in [-0.4, -0.2) is 26.8 Å². The molecule has 0 aromatic heterocycles. The largest absolute Gasteiger partial charge is 0.385 e. The van der Waals surface area contributed by atoms with Crippen LogP contribution in [0.15, 0.2) is 0 Å². The van der Waals surface area contributed by atoms with E-state index in [1.54, 1.807) is 7.11 Å². The van der Waals surface area contributed by atoms with E-state index in [-0.39, 0.29) is 0 Å². The van der Waals surface area contributed by atoms with Crippen LogP contribution in [0.2, 0.25) is 0 Å². The van der Waals surface area contributed by atoms with Gasteiger partial charge >= 0.3 is 0 Å². The second-order valence-corrected chi connectivity index (χ2v) is 2.64. The Morgan fingerprint density at radius 2 is 2.56 bits per heavy atom. The van der Waals surface area contributed by atoms with Crippen molar-refractivity contribution in [1.29, 1.82) is 0 Å². The molecule has 9 heavy (non-hydrogen) atoms. The van der Waals surface area contributed by atoms with E-state index in [0.29, 0.717) is 0 Å². The van der Waals surface area contributed by atoms with Gasteiger partial charge in [-0.25, -0.2) is 0 Å². The Labute approximate surface area is 56.6 Å². The maximum Gasteiger partial charge on any atom is 0.0465 e. The van der Waals surface area contributed by atoms with Crippen LogP contribution in [0.4, 0.5) is 0 Å². The highest BCUT2D eigenvalue weighted by molar-refractivity contribution is 4.70. The van der Waals surface area contributed by atoms with Crippen LogP contribution in [0.3, 0.4) is 0 Å². The fourth-order valence-electron chi connectivity index (χ4n) is 1.25. The lowest BCUT2D eigenvalue weighted by Crippen LogP contribution is -2.10. The zero-order valence-corrected chi connectivity index (χ0v) is 6.02. The molecule has 1 fully saturated rings. The first-order chi connectivity index (χ1) is 4.43. The van der Waals surface area contributed by atoms with Gasteiger partial charge in [0.1, 0.15) is 0 Å². The fourth-order valence-corrected chi connectivity index (χ4v) is 1.25. The van der Waals surface area contributed by atoms with Gasteiger partial charge in [0.2, 0.25) is 0 Å². The molecule has 1 aliphatic rings.